The highest BCUT2D eigenvalue weighted by molar-refractivity contribution is 5.83. The van der Waals surface area contributed by atoms with Crippen molar-refractivity contribution >= 4 is 23.5 Å². The molecular weight excluding hydrogens is 230 g/mol. The van der Waals surface area contributed by atoms with E-state index in [9.17, 15) is 25.0 Å². The number of nitrogens with zero attached hydrogens (tertiary/aromatic N) is 2. The van der Waals surface area contributed by atoms with E-state index in [-0.39, 0.29) is 22.5 Å². The van der Waals surface area contributed by atoms with Crippen molar-refractivity contribution < 1.29 is 14.6 Å². The van der Waals surface area contributed by atoms with E-state index in [1.165, 1.54) is 19.9 Å². The molecule has 1 amide bonds. The monoisotopic (exact) mass is 239 g/mol. The fourth-order valence-electron chi connectivity index (χ4n) is 1.54. The maximum atomic E-state index is 10.9. The lowest BCUT2D eigenvalue weighted by Gasteiger charge is -2.07. The van der Waals surface area contributed by atoms with Crippen LogP contribution in [0.25, 0.3) is 0 Å². The molecule has 90 valence electrons. The molecule has 0 aliphatic carbocycles. The lowest BCUT2D eigenvalue weighted by Crippen LogP contribution is -2.06. The Kier molecular flexibility index (Phi) is 3.37. The van der Waals surface area contributed by atoms with Gasteiger partial charge in [0, 0.05) is 6.07 Å². The van der Waals surface area contributed by atoms with E-state index in [2.05, 4.69) is 5.32 Å². The topological polar surface area (TPSA) is 115 Å². The van der Waals surface area contributed by atoms with Gasteiger partial charge in [0.25, 0.3) is 5.69 Å². The van der Waals surface area contributed by atoms with E-state index in [4.69, 9.17) is 0 Å². The van der Waals surface area contributed by atoms with Crippen LogP contribution < -0.4 is 5.32 Å². The number of benzene rings is 1. The predicted octanol–water partition coefficient (Wildman–Crippen LogP) is 1.69. The van der Waals surface area contributed by atoms with Gasteiger partial charge in [0.1, 0.15) is 11.3 Å². The summed E-state index contributed by atoms with van der Waals surface area (Å²) in [6.45, 7) is 2.72. The molecule has 0 heterocycles. The second-order valence-electron chi connectivity index (χ2n) is 3.34. The van der Waals surface area contributed by atoms with Crippen LogP contribution in [0, 0.1) is 34.1 Å². The highest BCUT2D eigenvalue weighted by Crippen LogP contribution is 2.37. The van der Waals surface area contributed by atoms with E-state index in [1.54, 1.807) is 0 Å². The van der Waals surface area contributed by atoms with Crippen molar-refractivity contribution in [2.45, 2.75) is 13.8 Å². The minimum absolute atomic E-state index is 0.0203. The molecule has 1 rings (SSSR count). The lowest BCUT2D eigenvalue weighted by molar-refractivity contribution is -0.394. The first-order chi connectivity index (χ1) is 7.90. The van der Waals surface area contributed by atoms with E-state index < -0.39 is 15.5 Å². The standard InChI is InChI=1S/C9H9N3O5/c1-5-3-7(11(14)15)6(2)9(12(16)17)8(5)10-4-13/h3-4H,1-2H3,(H,10,13). The zero-order valence-electron chi connectivity index (χ0n) is 9.09. The SMILES string of the molecule is Cc1cc([N+](=O)[O-])c(C)c([N+](=O)[O-])c1NC=O. The second kappa shape index (κ2) is 4.56. The fraction of sp³-hybridized carbons (Fsp3) is 0.222. The number of hydrogen-bond donors (Lipinski definition) is 1. The van der Waals surface area contributed by atoms with Crippen LogP contribution in [-0.2, 0) is 4.79 Å². The van der Waals surface area contributed by atoms with Crippen LogP contribution >= 0.6 is 0 Å². The molecule has 1 N–H and O–H groups in total. The van der Waals surface area contributed by atoms with Gasteiger partial charge in [-0.3, -0.25) is 25.0 Å². The van der Waals surface area contributed by atoms with Gasteiger partial charge in [-0.2, -0.15) is 0 Å². The molecule has 8 nitrogen and oxygen atoms in total. The minimum atomic E-state index is -0.749. The number of aryl methyl sites for hydroxylation is 1. The summed E-state index contributed by atoms with van der Waals surface area (Å²) >= 11 is 0. The summed E-state index contributed by atoms with van der Waals surface area (Å²) in [7, 11) is 0. The third-order valence-electron chi connectivity index (χ3n) is 2.31. The Balaban J connectivity index is 3.64. The normalized spacial score (nSPS) is 9.76. The Morgan fingerprint density at radius 2 is 1.82 bits per heavy atom. The highest BCUT2D eigenvalue weighted by Gasteiger charge is 2.27. The Hall–Kier alpha value is -2.51. The third kappa shape index (κ3) is 2.19. The maximum Gasteiger partial charge on any atom is 0.302 e. The number of hydrogen-bond acceptors (Lipinski definition) is 5. The first kappa shape index (κ1) is 12.6. The molecule has 0 aliphatic heterocycles. The largest absolute Gasteiger partial charge is 0.323 e. The van der Waals surface area contributed by atoms with Crippen molar-refractivity contribution in [2.24, 2.45) is 0 Å². The summed E-state index contributed by atoms with van der Waals surface area (Å²) in [6.07, 6.45) is 0.292. The molecule has 0 saturated heterocycles. The summed E-state index contributed by atoms with van der Waals surface area (Å²) in [4.78, 5) is 30.5. The van der Waals surface area contributed by atoms with Gasteiger partial charge >= 0.3 is 5.69 Å². The zero-order valence-corrected chi connectivity index (χ0v) is 9.09. The molecule has 0 aliphatic rings. The summed E-state index contributed by atoms with van der Waals surface area (Å²) in [6, 6.07) is 1.19. The van der Waals surface area contributed by atoms with Crippen molar-refractivity contribution in [1.82, 2.24) is 0 Å². The summed E-state index contributed by atoms with van der Waals surface area (Å²) in [5.41, 5.74) is -0.640. The molecule has 0 saturated carbocycles. The predicted molar refractivity (Wildman–Crippen MR) is 58.9 cm³/mol. The lowest BCUT2D eigenvalue weighted by atomic mass is 10.1. The first-order valence-corrected chi connectivity index (χ1v) is 4.53. The molecule has 0 atom stereocenters. The molecule has 0 bridgehead atoms. The van der Waals surface area contributed by atoms with Crippen LogP contribution in [0.3, 0.4) is 0 Å². The number of carbonyl (C=O) groups excluding carboxylic acids is 1. The van der Waals surface area contributed by atoms with Crippen LogP contribution in [0.2, 0.25) is 0 Å². The van der Waals surface area contributed by atoms with E-state index in [0.29, 0.717) is 6.41 Å². The van der Waals surface area contributed by atoms with Crippen molar-refractivity contribution in [3.8, 4) is 0 Å². The number of nitro groups is 2. The second-order valence-corrected chi connectivity index (χ2v) is 3.34. The number of nitro benzene ring substituents is 2. The number of anilines is 1. The van der Waals surface area contributed by atoms with Gasteiger partial charge in [-0.15, -0.1) is 0 Å². The average Bonchev–Trinajstić information content (AvgIpc) is 2.22. The Morgan fingerprint density at radius 3 is 2.24 bits per heavy atom. The van der Waals surface area contributed by atoms with Crippen molar-refractivity contribution in [2.75, 3.05) is 5.32 Å². The Labute approximate surface area is 95.5 Å². The molecule has 1 aromatic rings. The van der Waals surface area contributed by atoms with Crippen LogP contribution in [0.4, 0.5) is 17.1 Å². The summed E-state index contributed by atoms with van der Waals surface area (Å²) in [5, 5.41) is 23.8. The van der Waals surface area contributed by atoms with Gasteiger partial charge in [-0.05, 0) is 19.4 Å². The molecule has 1 aromatic carbocycles. The van der Waals surface area contributed by atoms with Gasteiger partial charge in [0.15, 0.2) is 0 Å². The molecule has 8 heteroatoms. The zero-order chi connectivity index (χ0) is 13.2. The number of carbonyl (C=O) groups is 1. The highest BCUT2D eigenvalue weighted by atomic mass is 16.6. The van der Waals surface area contributed by atoms with Crippen molar-refractivity contribution in [1.29, 1.82) is 0 Å². The molecule has 0 unspecified atom stereocenters. The number of amides is 1. The summed E-state index contributed by atoms with van der Waals surface area (Å²) < 4.78 is 0. The molecular formula is C9H9N3O5. The van der Waals surface area contributed by atoms with E-state index in [1.807, 2.05) is 0 Å². The quantitative estimate of drug-likeness (QED) is 0.487. The molecule has 0 aromatic heterocycles. The van der Waals surface area contributed by atoms with Gasteiger partial charge < -0.3 is 5.32 Å². The third-order valence-corrected chi connectivity index (χ3v) is 2.31. The van der Waals surface area contributed by atoms with E-state index in [0.717, 1.165) is 0 Å². The molecule has 0 spiro atoms. The molecule has 17 heavy (non-hydrogen) atoms. The smallest absolute Gasteiger partial charge is 0.302 e. The molecule has 0 fully saturated rings. The van der Waals surface area contributed by atoms with Crippen LogP contribution in [0.15, 0.2) is 6.07 Å². The van der Waals surface area contributed by atoms with Crippen LogP contribution in [0.1, 0.15) is 11.1 Å². The van der Waals surface area contributed by atoms with Crippen molar-refractivity contribution in [3.63, 3.8) is 0 Å². The molecule has 0 radical (unpaired) electrons. The van der Waals surface area contributed by atoms with Crippen LogP contribution in [-0.4, -0.2) is 16.3 Å². The van der Waals surface area contributed by atoms with Gasteiger partial charge in [-0.25, -0.2) is 0 Å². The van der Waals surface area contributed by atoms with Crippen LogP contribution in [0.5, 0.6) is 0 Å². The Bertz CT molecular complexity index is 512. The first-order valence-electron chi connectivity index (χ1n) is 4.53. The summed E-state index contributed by atoms with van der Waals surface area (Å²) in [5.74, 6) is 0. The number of nitrogens with one attached hydrogen (secondary N) is 1. The Morgan fingerprint density at radius 1 is 1.24 bits per heavy atom. The van der Waals surface area contributed by atoms with E-state index >= 15 is 0 Å². The average molecular weight is 239 g/mol. The fourth-order valence-corrected chi connectivity index (χ4v) is 1.54. The van der Waals surface area contributed by atoms with Gasteiger partial charge in [0.05, 0.1) is 9.85 Å². The van der Waals surface area contributed by atoms with Gasteiger partial charge in [0.2, 0.25) is 6.41 Å². The number of rotatable bonds is 4. The van der Waals surface area contributed by atoms with Gasteiger partial charge in [-0.1, -0.05) is 0 Å². The minimum Gasteiger partial charge on any atom is -0.323 e. The van der Waals surface area contributed by atoms with Crippen molar-refractivity contribution in [3.05, 3.63) is 37.4 Å². The maximum absolute atomic E-state index is 10.9.